The lowest BCUT2D eigenvalue weighted by Gasteiger charge is -2.25. The van der Waals surface area contributed by atoms with Gasteiger partial charge < -0.3 is 25.2 Å². The molecule has 0 saturated carbocycles. The van der Waals surface area contributed by atoms with Crippen LogP contribution in [-0.4, -0.2) is 66.5 Å². The van der Waals surface area contributed by atoms with Crippen LogP contribution in [0.15, 0.2) is 18.2 Å². The van der Waals surface area contributed by atoms with Crippen LogP contribution >= 0.6 is 0 Å². The molecule has 8 nitrogen and oxygen atoms in total. The summed E-state index contributed by atoms with van der Waals surface area (Å²) < 4.78 is 5.53. The second-order valence-electron chi connectivity index (χ2n) is 6.83. The van der Waals surface area contributed by atoms with Crippen molar-refractivity contribution in [2.24, 2.45) is 0 Å². The molecule has 1 atom stereocenters. The Bertz CT molecular complexity index is 736. The zero-order valence-corrected chi connectivity index (χ0v) is 15.8. The number of hydrogen-bond acceptors (Lipinski definition) is 4. The van der Waals surface area contributed by atoms with Crippen molar-refractivity contribution < 1.29 is 19.1 Å². The minimum atomic E-state index is -0.547. The number of benzene rings is 1. The standard InChI is InChI=1S/C19H26N4O4/c1-3-7-20-19(26)23-9-4-8-22(10-11-23)18(25)14-5-6-16-15(12-14)21-17(24)13(2)27-16/h5-6,12-13H,3-4,7-11H2,1-2H3,(H,20,26)(H,21,24). The van der Waals surface area contributed by atoms with Gasteiger partial charge in [-0.1, -0.05) is 6.92 Å². The number of nitrogens with zero attached hydrogens (tertiary/aromatic N) is 2. The molecule has 0 radical (unpaired) electrons. The number of anilines is 1. The van der Waals surface area contributed by atoms with Crippen molar-refractivity contribution in [1.29, 1.82) is 0 Å². The summed E-state index contributed by atoms with van der Waals surface area (Å²) in [4.78, 5) is 40.3. The first-order valence-electron chi connectivity index (χ1n) is 9.43. The summed E-state index contributed by atoms with van der Waals surface area (Å²) in [5.41, 5.74) is 1.01. The topological polar surface area (TPSA) is 91.0 Å². The minimum absolute atomic E-state index is 0.0751. The highest BCUT2D eigenvalue weighted by atomic mass is 16.5. The van der Waals surface area contributed by atoms with Gasteiger partial charge in [0.25, 0.3) is 11.8 Å². The first-order valence-corrected chi connectivity index (χ1v) is 9.43. The van der Waals surface area contributed by atoms with E-state index in [9.17, 15) is 14.4 Å². The average Bonchev–Trinajstić information content (AvgIpc) is 2.92. The van der Waals surface area contributed by atoms with Crippen LogP contribution in [0.1, 0.15) is 37.0 Å². The molecule has 2 aliphatic heterocycles. The number of nitrogens with one attached hydrogen (secondary N) is 2. The highest BCUT2D eigenvalue weighted by Gasteiger charge is 2.26. The summed E-state index contributed by atoms with van der Waals surface area (Å²) in [6, 6.07) is 5.00. The van der Waals surface area contributed by atoms with Gasteiger partial charge in [-0.05, 0) is 38.0 Å². The summed E-state index contributed by atoms with van der Waals surface area (Å²) in [5, 5.41) is 5.64. The molecule has 1 saturated heterocycles. The number of carbonyl (C=O) groups excluding carboxylic acids is 3. The third kappa shape index (κ3) is 4.32. The SMILES string of the molecule is CCCNC(=O)N1CCCN(C(=O)c2ccc3c(c2)NC(=O)C(C)O3)CC1. The molecule has 1 aromatic carbocycles. The van der Waals surface area contributed by atoms with E-state index >= 15 is 0 Å². The molecule has 1 aromatic rings. The van der Waals surface area contributed by atoms with Crippen LogP contribution in [0.5, 0.6) is 5.75 Å². The van der Waals surface area contributed by atoms with E-state index in [2.05, 4.69) is 10.6 Å². The van der Waals surface area contributed by atoms with Crippen molar-refractivity contribution in [3.05, 3.63) is 23.8 Å². The Morgan fingerprint density at radius 2 is 1.96 bits per heavy atom. The zero-order valence-electron chi connectivity index (χ0n) is 15.8. The molecule has 27 heavy (non-hydrogen) atoms. The van der Waals surface area contributed by atoms with Gasteiger partial charge in [0.05, 0.1) is 5.69 Å². The second-order valence-corrected chi connectivity index (χ2v) is 6.83. The maximum Gasteiger partial charge on any atom is 0.317 e. The van der Waals surface area contributed by atoms with Crippen LogP contribution in [-0.2, 0) is 4.79 Å². The lowest BCUT2D eigenvalue weighted by atomic mass is 10.1. The van der Waals surface area contributed by atoms with Gasteiger partial charge in [0.1, 0.15) is 5.75 Å². The fourth-order valence-corrected chi connectivity index (χ4v) is 3.19. The van der Waals surface area contributed by atoms with Crippen molar-refractivity contribution in [3.63, 3.8) is 0 Å². The Kier molecular flexibility index (Phi) is 5.83. The van der Waals surface area contributed by atoms with Crippen molar-refractivity contribution in [2.75, 3.05) is 38.0 Å². The molecule has 0 aromatic heterocycles. The van der Waals surface area contributed by atoms with Gasteiger partial charge in [-0.3, -0.25) is 9.59 Å². The molecule has 1 unspecified atom stereocenters. The number of urea groups is 1. The Morgan fingerprint density at radius 1 is 1.22 bits per heavy atom. The minimum Gasteiger partial charge on any atom is -0.479 e. The quantitative estimate of drug-likeness (QED) is 0.842. The van der Waals surface area contributed by atoms with E-state index in [1.54, 1.807) is 34.9 Å². The Labute approximate surface area is 158 Å². The highest BCUT2D eigenvalue weighted by molar-refractivity contribution is 6.01. The van der Waals surface area contributed by atoms with Gasteiger partial charge in [0.2, 0.25) is 0 Å². The molecule has 4 amide bonds. The molecular weight excluding hydrogens is 348 g/mol. The number of ether oxygens (including phenoxy) is 1. The molecule has 2 aliphatic rings. The van der Waals surface area contributed by atoms with Crippen molar-refractivity contribution in [3.8, 4) is 5.75 Å². The fourth-order valence-electron chi connectivity index (χ4n) is 3.19. The molecule has 0 bridgehead atoms. The molecule has 3 rings (SSSR count). The largest absolute Gasteiger partial charge is 0.479 e. The zero-order chi connectivity index (χ0) is 19.4. The predicted octanol–water partition coefficient (Wildman–Crippen LogP) is 1.67. The van der Waals surface area contributed by atoms with E-state index in [0.717, 1.165) is 12.8 Å². The van der Waals surface area contributed by atoms with Crippen LogP contribution in [0, 0.1) is 0 Å². The average molecular weight is 374 g/mol. The van der Waals surface area contributed by atoms with Crippen LogP contribution in [0.2, 0.25) is 0 Å². The molecule has 1 fully saturated rings. The molecule has 0 aliphatic carbocycles. The first-order chi connectivity index (χ1) is 13.0. The van der Waals surface area contributed by atoms with Crippen LogP contribution in [0.3, 0.4) is 0 Å². The van der Waals surface area contributed by atoms with E-state index in [-0.39, 0.29) is 17.8 Å². The number of amides is 4. The van der Waals surface area contributed by atoms with E-state index < -0.39 is 6.10 Å². The third-order valence-electron chi connectivity index (χ3n) is 4.75. The summed E-state index contributed by atoms with van der Waals surface area (Å²) in [6.07, 6.45) is 1.07. The van der Waals surface area contributed by atoms with Crippen LogP contribution in [0.4, 0.5) is 10.5 Å². The summed E-state index contributed by atoms with van der Waals surface area (Å²) >= 11 is 0. The Hall–Kier alpha value is -2.77. The first kappa shape index (κ1) is 19.0. The van der Waals surface area contributed by atoms with Crippen LogP contribution in [0.25, 0.3) is 0 Å². The lowest BCUT2D eigenvalue weighted by molar-refractivity contribution is -0.122. The van der Waals surface area contributed by atoms with Crippen molar-refractivity contribution in [2.45, 2.75) is 32.8 Å². The van der Waals surface area contributed by atoms with Crippen molar-refractivity contribution in [1.82, 2.24) is 15.1 Å². The number of carbonyl (C=O) groups is 3. The van der Waals surface area contributed by atoms with Crippen molar-refractivity contribution >= 4 is 23.5 Å². The number of rotatable bonds is 3. The molecular formula is C19H26N4O4. The molecule has 8 heteroatoms. The summed E-state index contributed by atoms with van der Waals surface area (Å²) in [6.45, 7) is 6.55. The fraction of sp³-hybridized carbons (Fsp3) is 0.526. The van der Waals surface area contributed by atoms with Gasteiger partial charge in [0.15, 0.2) is 6.10 Å². The highest BCUT2D eigenvalue weighted by Crippen LogP contribution is 2.30. The molecule has 2 heterocycles. The van der Waals surface area contributed by atoms with E-state index in [0.29, 0.717) is 49.7 Å². The van der Waals surface area contributed by atoms with Gasteiger partial charge in [-0.15, -0.1) is 0 Å². The van der Waals surface area contributed by atoms with E-state index in [1.165, 1.54) is 0 Å². The third-order valence-corrected chi connectivity index (χ3v) is 4.75. The Balaban J connectivity index is 1.65. The smallest absolute Gasteiger partial charge is 0.317 e. The van der Waals surface area contributed by atoms with Gasteiger partial charge in [0, 0.05) is 38.3 Å². The Morgan fingerprint density at radius 3 is 2.74 bits per heavy atom. The lowest BCUT2D eigenvalue weighted by Crippen LogP contribution is -2.42. The second kappa shape index (κ2) is 8.28. The van der Waals surface area contributed by atoms with E-state index in [4.69, 9.17) is 4.74 Å². The summed E-state index contributed by atoms with van der Waals surface area (Å²) in [7, 11) is 0. The van der Waals surface area contributed by atoms with E-state index in [1.807, 2.05) is 6.92 Å². The maximum absolute atomic E-state index is 12.9. The molecule has 0 spiro atoms. The van der Waals surface area contributed by atoms with Gasteiger partial charge in [-0.2, -0.15) is 0 Å². The normalized spacial score (nSPS) is 19.5. The number of hydrogen-bond donors (Lipinski definition) is 2. The molecule has 2 N–H and O–H groups in total. The number of fused-ring (bicyclic) bond motifs is 1. The monoisotopic (exact) mass is 374 g/mol. The van der Waals surface area contributed by atoms with Gasteiger partial charge in [-0.25, -0.2) is 4.79 Å². The summed E-state index contributed by atoms with van der Waals surface area (Å²) in [5.74, 6) is 0.227. The maximum atomic E-state index is 12.9. The van der Waals surface area contributed by atoms with Gasteiger partial charge >= 0.3 is 6.03 Å². The predicted molar refractivity (Wildman–Crippen MR) is 101 cm³/mol. The van der Waals surface area contributed by atoms with Crippen LogP contribution < -0.4 is 15.4 Å². The molecule has 146 valence electrons.